The lowest BCUT2D eigenvalue weighted by molar-refractivity contribution is -0.116. The third-order valence-corrected chi connectivity index (χ3v) is 5.13. The van der Waals surface area contributed by atoms with Crippen LogP contribution in [0.2, 0.25) is 0 Å². The normalized spacial score (nSPS) is 19.2. The number of rotatable bonds is 3. The number of anilines is 1. The van der Waals surface area contributed by atoms with Crippen molar-refractivity contribution < 1.29 is 14.0 Å². The lowest BCUT2D eigenvalue weighted by Crippen LogP contribution is -2.35. The standard InChI is InChI=1S/C22H20FN3O2/c1-13-19(22(28)26-18-7-2-3-12-24-18)20(14-8-10-15(23)11-9-14)21-16(25-13)5-4-6-17(21)27/h2-3,7-12,20,25H,4-6H2,1H3,(H,24,26,28)/t20-/m0/s1. The van der Waals surface area contributed by atoms with Crippen LogP contribution in [0.3, 0.4) is 0 Å². The Balaban J connectivity index is 1.79. The molecule has 0 bridgehead atoms. The van der Waals surface area contributed by atoms with E-state index in [4.69, 9.17) is 0 Å². The van der Waals surface area contributed by atoms with Gasteiger partial charge >= 0.3 is 0 Å². The van der Waals surface area contributed by atoms with Crippen molar-refractivity contribution in [3.63, 3.8) is 0 Å². The summed E-state index contributed by atoms with van der Waals surface area (Å²) in [6, 6.07) is 11.2. The quantitative estimate of drug-likeness (QED) is 0.853. The number of carbonyl (C=O) groups is 2. The number of Topliss-reactive ketones (excluding diaryl/α,β-unsaturated/α-hetero) is 1. The van der Waals surface area contributed by atoms with Gasteiger partial charge in [-0.05, 0) is 49.6 Å². The van der Waals surface area contributed by atoms with Crippen molar-refractivity contribution in [2.75, 3.05) is 5.32 Å². The number of hydrogen-bond acceptors (Lipinski definition) is 4. The van der Waals surface area contributed by atoms with Crippen molar-refractivity contribution in [1.29, 1.82) is 0 Å². The van der Waals surface area contributed by atoms with E-state index >= 15 is 0 Å². The molecule has 6 heteroatoms. The Morgan fingerprint density at radius 1 is 1.18 bits per heavy atom. The third kappa shape index (κ3) is 3.33. The van der Waals surface area contributed by atoms with Crippen molar-refractivity contribution in [3.8, 4) is 0 Å². The van der Waals surface area contributed by atoms with Crippen LogP contribution in [0.15, 0.2) is 71.2 Å². The number of ketones is 1. The van der Waals surface area contributed by atoms with Gasteiger partial charge in [0.1, 0.15) is 11.6 Å². The predicted molar refractivity (Wildman–Crippen MR) is 104 cm³/mol. The zero-order valence-electron chi connectivity index (χ0n) is 15.5. The minimum Gasteiger partial charge on any atom is -0.362 e. The van der Waals surface area contributed by atoms with E-state index in [1.807, 2.05) is 6.92 Å². The molecular formula is C22H20FN3O2. The fourth-order valence-corrected chi connectivity index (χ4v) is 3.89. The molecule has 142 valence electrons. The highest BCUT2D eigenvalue weighted by atomic mass is 19.1. The topological polar surface area (TPSA) is 71.1 Å². The van der Waals surface area contributed by atoms with Crippen LogP contribution in [-0.2, 0) is 9.59 Å². The molecule has 2 N–H and O–H groups in total. The number of carbonyl (C=O) groups excluding carboxylic acids is 2. The first-order valence-corrected chi connectivity index (χ1v) is 9.26. The number of nitrogens with zero attached hydrogens (tertiary/aromatic N) is 1. The van der Waals surface area contributed by atoms with E-state index in [1.165, 1.54) is 12.1 Å². The number of pyridine rings is 1. The summed E-state index contributed by atoms with van der Waals surface area (Å²) < 4.78 is 13.5. The lowest BCUT2D eigenvalue weighted by atomic mass is 9.75. The Bertz CT molecular complexity index is 994. The van der Waals surface area contributed by atoms with Crippen LogP contribution in [0.5, 0.6) is 0 Å². The van der Waals surface area contributed by atoms with E-state index in [0.717, 1.165) is 24.1 Å². The number of allylic oxidation sites excluding steroid dienone is 3. The Hall–Kier alpha value is -3.28. The maximum absolute atomic E-state index is 13.5. The average molecular weight is 377 g/mol. The van der Waals surface area contributed by atoms with E-state index < -0.39 is 5.92 Å². The van der Waals surface area contributed by atoms with Crippen LogP contribution in [0.1, 0.15) is 37.7 Å². The molecule has 1 amide bonds. The summed E-state index contributed by atoms with van der Waals surface area (Å²) in [6.07, 6.45) is 3.58. The first kappa shape index (κ1) is 18.1. The molecule has 1 aliphatic heterocycles. The predicted octanol–water partition coefficient (Wildman–Crippen LogP) is 3.83. The molecule has 1 atom stereocenters. The van der Waals surface area contributed by atoms with Crippen LogP contribution in [0.25, 0.3) is 0 Å². The van der Waals surface area contributed by atoms with Gasteiger partial charge in [0, 0.05) is 41.1 Å². The van der Waals surface area contributed by atoms with Gasteiger partial charge in [0.05, 0.1) is 0 Å². The summed E-state index contributed by atoms with van der Waals surface area (Å²) in [5, 5.41) is 6.07. The highest BCUT2D eigenvalue weighted by molar-refractivity contribution is 6.09. The second kappa shape index (κ2) is 7.38. The Kier molecular flexibility index (Phi) is 4.77. The summed E-state index contributed by atoms with van der Waals surface area (Å²) in [5.41, 5.74) is 3.32. The molecule has 0 saturated heterocycles. The highest BCUT2D eigenvalue weighted by Crippen LogP contribution is 2.42. The fraction of sp³-hybridized carbons (Fsp3) is 0.227. The van der Waals surface area contributed by atoms with Crippen LogP contribution in [0.4, 0.5) is 10.2 Å². The molecule has 0 spiro atoms. The second-order valence-corrected chi connectivity index (χ2v) is 6.99. The van der Waals surface area contributed by atoms with E-state index in [9.17, 15) is 14.0 Å². The van der Waals surface area contributed by atoms with Crippen molar-refractivity contribution >= 4 is 17.5 Å². The summed E-state index contributed by atoms with van der Waals surface area (Å²) in [7, 11) is 0. The fourth-order valence-electron chi connectivity index (χ4n) is 3.89. The molecule has 2 aliphatic rings. The first-order chi connectivity index (χ1) is 13.5. The first-order valence-electron chi connectivity index (χ1n) is 9.26. The number of nitrogens with one attached hydrogen (secondary N) is 2. The van der Waals surface area contributed by atoms with Crippen LogP contribution in [-0.4, -0.2) is 16.7 Å². The summed E-state index contributed by atoms with van der Waals surface area (Å²) in [4.78, 5) is 30.1. The van der Waals surface area contributed by atoms with Gasteiger partial charge in [0.2, 0.25) is 0 Å². The minimum absolute atomic E-state index is 0.0266. The molecule has 2 heterocycles. The lowest BCUT2D eigenvalue weighted by Gasteiger charge is -2.34. The van der Waals surface area contributed by atoms with E-state index in [0.29, 0.717) is 29.1 Å². The Morgan fingerprint density at radius 2 is 1.96 bits per heavy atom. The third-order valence-electron chi connectivity index (χ3n) is 5.13. The van der Waals surface area contributed by atoms with Gasteiger partial charge in [-0.3, -0.25) is 9.59 Å². The van der Waals surface area contributed by atoms with Gasteiger partial charge in [-0.2, -0.15) is 0 Å². The summed E-state index contributed by atoms with van der Waals surface area (Å²) in [6.45, 7) is 1.83. The van der Waals surface area contributed by atoms with Crippen LogP contribution < -0.4 is 10.6 Å². The average Bonchev–Trinajstić information content (AvgIpc) is 2.68. The van der Waals surface area contributed by atoms with Gasteiger partial charge < -0.3 is 10.6 Å². The molecule has 4 rings (SSSR count). The summed E-state index contributed by atoms with van der Waals surface area (Å²) in [5.74, 6) is -0.766. The molecule has 0 radical (unpaired) electrons. The second-order valence-electron chi connectivity index (χ2n) is 6.99. The molecule has 5 nitrogen and oxygen atoms in total. The largest absolute Gasteiger partial charge is 0.362 e. The zero-order valence-corrected chi connectivity index (χ0v) is 15.5. The molecule has 28 heavy (non-hydrogen) atoms. The highest BCUT2D eigenvalue weighted by Gasteiger charge is 2.38. The minimum atomic E-state index is -0.534. The molecule has 0 unspecified atom stereocenters. The number of halogens is 1. The number of aromatic nitrogens is 1. The summed E-state index contributed by atoms with van der Waals surface area (Å²) >= 11 is 0. The number of dihydropyridines is 1. The van der Waals surface area contributed by atoms with E-state index in [1.54, 1.807) is 36.5 Å². The maximum atomic E-state index is 13.5. The van der Waals surface area contributed by atoms with Crippen LogP contribution >= 0.6 is 0 Å². The van der Waals surface area contributed by atoms with Crippen molar-refractivity contribution in [2.24, 2.45) is 0 Å². The van der Waals surface area contributed by atoms with Gasteiger partial charge in [-0.1, -0.05) is 18.2 Å². The smallest absolute Gasteiger partial charge is 0.255 e. The molecule has 2 aromatic rings. The van der Waals surface area contributed by atoms with Crippen molar-refractivity contribution in [2.45, 2.75) is 32.1 Å². The number of benzene rings is 1. The Morgan fingerprint density at radius 3 is 2.68 bits per heavy atom. The van der Waals surface area contributed by atoms with Crippen LogP contribution in [0, 0.1) is 5.82 Å². The van der Waals surface area contributed by atoms with Gasteiger partial charge in [0.25, 0.3) is 5.91 Å². The molecule has 1 aromatic carbocycles. The van der Waals surface area contributed by atoms with Gasteiger partial charge in [0.15, 0.2) is 5.78 Å². The number of amides is 1. The SMILES string of the molecule is CC1=C(C(=O)Nc2ccccn2)[C@H](c2ccc(F)cc2)C2=C(CCCC2=O)N1. The van der Waals surface area contributed by atoms with E-state index in [-0.39, 0.29) is 17.5 Å². The van der Waals surface area contributed by atoms with Gasteiger partial charge in [-0.25, -0.2) is 9.37 Å². The maximum Gasteiger partial charge on any atom is 0.255 e. The number of hydrogen-bond donors (Lipinski definition) is 2. The molecular weight excluding hydrogens is 357 g/mol. The molecule has 0 fully saturated rings. The molecule has 0 saturated carbocycles. The zero-order chi connectivity index (χ0) is 19.7. The molecule has 1 aliphatic carbocycles. The van der Waals surface area contributed by atoms with Crippen molar-refractivity contribution in [1.82, 2.24) is 10.3 Å². The molecule has 1 aromatic heterocycles. The monoisotopic (exact) mass is 377 g/mol. The Labute approximate surface area is 162 Å². The van der Waals surface area contributed by atoms with Gasteiger partial charge in [-0.15, -0.1) is 0 Å². The van der Waals surface area contributed by atoms with Crippen molar-refractivity contribution in [3.05, 3.63) is 82.6 Å². The van der Waals surface area contributed by atoms with E-state index in [2.05, 4.69) is 15.6 Å².